The Hall–Kier alpha value is -2.42. The van der Waals surface area contributed by atoms with Crippen molar-refractivity contribution >= 4 is 17.3 Å². The zero-order valence-electron chi connectivity index (χ0n) is 9.96. The quantitative estimate of drug-likeness (QED) is 0.488. The van der Waals surface area contributed by atoms with Crippen LogP contribution in [0, 0.1) is 10.1 Å². The number of hydrogen-bond acceptors (Lipinski definition) is 5. The average molecular weight is 320 g/mol. The van der Waals surface area contributed by atoms with Crippen LogP contribution in [0.1, 0.15) is 5.82 Å². The molecule has 21 heavy (non-hydrogen) atoms. The summed E-state index contributed by atoms with van der Waals surface area (Å²) < 4.78 is 42.6. The number of non-ortho nitro benzene ring substituents is 1. The molecule has 1 heterocycles. The molecule has 0 atom stereocenters. The molecule has 10 heteroatoms. The maximum Gasteiger partial charge on any atom is 0.451 e. The lowest BCUT2D eigenvalue weighted by molar-refractivity contribution is -0.384. The lowest BCUT2D eigenvalue weighted by atomic mass is 10.3. The Balaban J connectivity index is 2.33. The predicted octanol–water partition coefficient (Wildman–Crippen LogP) is 3.85. The summed E-state index contributed by atoms with van der Waals surface area (Å²) in [5.41, 5.74) is -0.274. The van der Waals surface area contributed by atoms with Crippen LogP contribution < -0.4 is 4.74 Å². The van der Waals surface area contributed by atoms with Crippen LogP contribution in [0.3, 0.4) is 0 Å². The SMILES string of the molecule is O=[N+]([O-])c1cccc(Oc2cc(Cl)nc(C(F)(F)F)n2)c1. The number of nitrogens with zero attached hydrogens (tertiary/aromatic N) is 3. The molecule has 6 nitrogen and oxygen atoms in total. The van der Waals surface area contributed by atoms with Crippen LogP contribution in [0.25, 0.3) is 0 Å². The van der Waals surface area contributed by atoms with Gasteiger partial charge in [-0.3, -0.25) is 10.1 Å². The Morgan fingerprint density at radius 3 is 2.57 bits per heavy atom. The van der Waals surface area contributed by atoms with E-state index in [1.807, 2.05) is 0 Å². The Labute approximate surface area is 120 Å². The van der Waals surface area contributed by atoms with Crippen molar-refractivity contribution in [1.29, 1.82) is 0 Å². The molecule has 0 radical (unpaired) electrons. The second kappa shape index (κ2) is 5.52. The van der Waals surface area contributed by atoms with Gasteiger partial charge in [-0.1, -0.05) is 17.7 Å². The molecule has 0 fully saturated rings. The van der Waals surface area contributed by atoms with Gasteiger partial charge in [0, 0.05) is 12.1 Å². The van der Waals surface area contributed by atoms with E-state index in [2.05, 4.69) is 9.97 Å². The van der Waals surface area contributed by atoms with Gasteiger partial charge in [0.25, 0.3) is 5.69 Å². The minimum absolute atomic E-state index is 0.0490. The van der Waals surface area contributed by atoms with Crippen LogP contribution in [0.2, 0.25) is 5.15 Å². The number of aromatic nitrogens is 2. The van der Waals surface area contributed by atoms with Gasteiger partial charge in [-0.25, -0.2) is 4.98 Å². The average Bonchev–Trinajstić information content (AvgIpc) is 2.37. The van der Waals surface area contributed by atoms with Gasteiger partial charge in [-0.2, -0.15) is 18.2 Å². The summed E-state index contributed by atoms with van der Waals surface area (Å²) in [6, 6.07) is 5.87. The summed E-state index contributed by atoms with van der Waals surface area (Å²) in [5, 5.41) is 10.1. The largest absolute Gasteiger partial charge is 0.451 e. The minimum Gasteiger partial charge on any atom is -0.439 e. The van der Waals surface area contributed by atoms with Crippen LogP contribution in [0.4, 0.5) is 18.9 Å². The lowest BCUT2D eigenvalue weighted by Crippen LogP contribution is -2.11. The zero-order valence-corrected chi connectivity index (χ0v) is 10.7. The molecular weight excluding hydrogens is 315 g/mol. The summed E-state index contributed by atoms with van der Waals surface area (Å²) >= 11 is 5.46. The Bertz CT molecular complexity index is 694. The van der Waals surface area contributed by atoms with Gasteiger partial charge < -0.3 is 4.74 Å². The van der Waals surface area contributed by atoms with Crippen molar-refractivity contribution in [2.45, 2.75) is 6.18 Å². The van der Waals surface area contributed by atoms with Crippen LogP contribution in [-0.2, 0) is 6.18 Å². The molecule has 0 aliphatic rings. The number of nitro benzene ring substituents is 1. The van der Waals surface area contributed by atoms with Crippen molar-refractivity contribution in [3.63, 3.8) is 0 Å². The van der Waals surface area contributed by atoms with Crippen molar-refractivity contribution in [1.82, 2.24) is 9.97 Å². The Kier molecular flexibility index (Phi) is 3.94. The van der Waals surface area contributed by atoms with Crippen molar-refractivity contribution in [3.8, 4) is 11.6 Å². The van der Waals surface area contributed by atoms with Crippen LogP contribution in [0.5, 0.6) is 11.6 Å². The second-order valence-electron chi connectivity index (χ2n) is 3.71. The maximum absolute atomic E-state index is 12.5. The van der Waals surface area contributed by atoms with Crippen LogP contribution >= 0.6 is 11.6 Å². The number of alkyl halides is 3. The van der Waals surface area contributed by atoms with E-state index in [4.69, 9.17) is 16.3 Å². The van der Waals surface area contributed by atoms with E-state index in [0.717, 1.165) is 12.1 Å². The van der Waals surface area contributed by atoms with Gasteiger partial charge >= 0.3 is 6.18 Å². The number of benzene rings is 1. The highest BCUT2D eigenvalue weighted by Gasteiger charge is 2.35. The standard InChI is InChI=1S/C11H5ClF3N3O3/c12-8-5-9(17-10(16-8)11(13,14)15)21-7-3-1-2-6(4-7)18(19)20/h1-5H. The summed E-state index contributed by atoms with van der Waals surface area (Å²) in [4.78, 5) is 16.1. The first-order valence-corrected chi connectivity index (χ1v) is 5.67. The molecule has 0 saturated carbocycles. The lowest BCUT2D eigenvalue weighted by Gasteiger charge is -2.08. The van der Waals surface area contributed by atoms with Gasteiger partial charge in [-0.05, 0) is 6.07 Å². The number of halogens is 4. The zero-order chi connectivity index (χ0) is 15.6. The summed E-state index contributed by atoms with van der Waals surface area (Å²) in [6.07, 6.45) is -4.79. The number of rotatable bonds is 3. The predicted molar refractivity (Wildman–Crippen MR) is 65.2 cm³/mol. The fourth-order valence-electron chi connectivity index (χ4n) is 1.36. The number of hydrogen-bond donors (Lipinski definition) is 0. The van der Waals surface area contributed by atoms with Gasteiger partial charge in [0.15, 0.2) is 0 Å². The summed E-state index contributed by atoms with van der Waals surface area (Å²) in [6.45, 7) is 0. The van der Waals surface area contributed by atoms with E-state index < -0.39 is 28.0 Å². The monoisotopic (exact) mass is 319 g/mol. The third kappa shape index (κ3) is 3.78. The molecule has 2 rings (SSSR count). The molecule has 0 N–H and O–H groups in total. The van der Waals surface area contributed by atoms with Gasteiger partial charge in [0.05, 0.1) is 11.0 Å². The van der Waals surface area contributed by atoms with E-state index >= 15 is 0 Å². The van der Waals surface area contributed by atoms with Crippen molar-refractivity contribution in [2.24, 2.45) is 0 Å². The van der Waals surface area contributed by atoms with E-state index in [-0.39, 0.29) is 11.4 Å². The van der Waals surface area contributed by atoms with Crippen LogP contribution in [-0.4, -0.2) is 14.9 Å². The molecule has 0 aliphatic heterocycles. The smallest absolute Gasteiger partial charge is 0.439 e. The summed E-state index contributed by atoms with van der Waals surface area (Å²) in [7, 11) is 0. The topological polar surface area (TPSA) is 78.2 Å². The fourth-order valence-corrected chi connectivity index (χ4v) is 1.53. The minimum atomic E-state index is -4.79. The Morgan fingerprint density at radius 1 is 1.24 bits per heavy atom. The maximum atomic E-state index is 12.5. The molecular formula is C11H5ClF3N3O3. The molecule has 0 unspecified atom stereocenters. The molecule has 0 saturated heterocycles. The fraction of sp³-hybridized carbons (Fsp3) is 0.0909. The highest BCUT2D eigenvalue weighted by atomic mass is 35.5. The van der Waals surface area contributed by atoms with Crippen molar-refractivity contribution in [3.05, 3.63) is 51.4 Å². The van der Waals surface area contributed by atoms with Crippen molar-refractivity contribution < 1.29 is 22.8 Å². The molecule has 1 aromatic heterocycles. The molecule has 0 bridgehead atoms. The van der Waals surface area contributed by atoms with E-state index in [9.17, 15) is 23.3 Å². The highest BCUT2D eigenvalue weighted by molar-refractivity contribution is 6.29. The molecule has 0 spiro atoms. The van der Waals surface area contributed by atoms with E-state index in [1.165, 1.54) is 18.2 Å². The van der Waals surface area contributed by atoms with Gasteiger partial charge in [0.1, 0.15) is 10.9 Å². The van der Waals surface area contributed by atoms with E-state index in [1.54, 1.807) is 0 Å². The first-order chi connectivity index (χ1) is 9.75. The van der Waals surface area contributed by atoms with Crippen LogP contribution in [0.15, 0.2) is 30.3 Å². The van der Waals surface area contributed by atoms with Crippen molar-refractivity contribution in [2.75, 3.05) is 0 Å². The normalized spacial score (nSPS) is 11.2. The Morgan fingerprint density at radius 2 is 1.95 bits per heavy atom. The molecule has 110 valence electrons. The van der Waals surface area contributed by atoms with E-state index in [0.29, 0.717) is 0 Å². The first-order valence-electron chi connectivity index (χ1n) is 5.30. The molecule has 1 aromatic carbocycles. The number of nitro groups is 1. The second-order valence-corrected chi connectivity index (χ2v) is 4.09. The first kappa shape index (κ1) is 15.0. The van der Waals surface area contributed by atoms with Gasteiger partial charge in [0.2, 0.25) is 11.7 Å². The summed E-state index contributed by atoms with van der Waals surface area (Å²) in [5.74, 6) is -1.98. The molecule has 0 amide bonds. The third-order valence-electron chi connectivity index (χ3n) is 2.18. The molecule has 2 aromatic rings. The number of ether oxygens (including phenoxy) is 1. The van der Waals surface area contributed by atoms with Gasteiger partial charge in [-0.15, -0.1) is 0 Å². The third-order valence-corrected chi connectivity index (χ3v) is 2.37. The highest BCUT2D eigenvalue weighted by Crippen LogP contribution is 2.31. The molecule has 0 aliphatic carbocycles.